The van der Waals surface area contributed by atoms with Crippen molar-refractivity contribution in [3.8, 4) is 0 Å². The van der Waals surface area contributed by atoms with Gasteiger partial charge >= 0.3 is 0 Å². The van der Waals surface area contributed by atoms with Crippen molar-refractivity contribution in [2.45, 2.75) is 11.8 Å². The molecule has 0 unspecified atom stereocenters. The van der Waals surface area contributed by atoms with Gasteiger partial charge in [-0.1, -0.05) is 70.5 Å². The van der Waals surface area contributed by atoms with E-state index in [4.69, 9.17) is 0 Å². The quantitative estimate of drug-likeness (QED) is 0.727. The Labute approximate surface area is 99.1 Å². The summed E-state index contributed by atoms with van der Waals surface area (Å²) in [6, 6.07) is 19.3. The average molecular weight is 261 g/mol. The molecular weight excluding hydrogens is 248 g/mol. The SMILES string of the molecule is BrCc1cccc(Cc2ccccc2)c1. The normalized spacial score (nSPS) is 10.2. The fourth-order valence-corrected chi connectivity index (χ4v) is 2.00. The van der Waals surface area contributed by atoms with Crippen molar-refractivity contribution in [3.63, 3.8) is 0 Å². The number of rotatable bonds is 3. The molecule has 2 aromatic carbocycles. The van der Waals surface area contributed by atoms with Gasteiger partial charge in [-0.25, -0.2) is 0 Å². The van der Waals surface area contributed by atoms with Crippen molar-refractivity contribution < 1.29 is 0 Å². The molecule has 15 heavy (non-hydrogen) atoms. The molecule has 0 saturated heterocycles. The molecule has 2 aromatic rings. The molecule has 0 aromatic heterocycles. The van der Waals surface area contributed by atoms with Gasteiger partial charge < -0.3 is 0 Å². The zero-order chi connectivity index (χ0) is 10.5. The van der Waals surface area contributed by atoms with Crippen molar-refractivity contribution in [2.24, 2.45) is 0 Å². The molecule has 0 atom stereocenters. The highest BCUT2D eigenvalue weighted by atomic mass is 79.9. The lowest BCUT2D eigenvalue weighted by molar-refractivity contribution is 1.18. The number of halogens is 1. The third-order valence-corrected chi connectivity index (χ3v) is 3.04. The Kier molecular flexibility index (Phi) is 3.57. The minimum absolute atomic E-state index is 0.926. The second kappa shape index (κ2) is 5.13. The van der Waals surface area contributed by atoms with E-state index in [0.29, 0.717) is 0 Å². The number of benzene rings is 2. The summed E-state index contributed by atoms with van der Waals surface area (Å²) in [7, 11) is 0. The molecule has 2 rings (SSSR count). The Hall–Kier alpha value is -1.08. The Morgan fingerprint density at radius 2 is 1.40 bits per heavy atom. The van der Waals surface area contributed by atoms with E-state index in [1.807, 2.05) is 0 Å². The summed E-state index contributed by atoms with van der Waals surface area (Å²) >= 11 is 3.48. The molecule has 0 spiro atoms. The van der Waals surface area contributed by atoms with Crippen LogP contribution in [0.2, 0.25) is 0 Å². The van der Waals surface area contributed by atoms with Gasteiger partial charge in [0.25, 0.3) is 0 Å². The van der Waals surface area contributed by atoms with Gasteiger partial charge in [-0.05, 0) is 23.1 Å². The standard InChI is InChI=1S/C14H13Br/c15-11-14-8-4-7-13(10-14)9-12-5-2-1-3-6-12/h1-8,10H,9,11H2. The summed E-state index contributed by atoms with van der Waals surface area (Å²) < 4.78 is 0. The first kappa shape index (κ1) is 10.4. The maximum absolute atomic E-state index is 3.48. The van der Waals surface area contributed by atoms with Crippen LogP contribution in [0.1, 0.15) is 16.7 Å². The van der Waals surface area contributed by atoms with E-state index in [0.717, 1.165) is 11.8 Å². The van der Waals surface area contributed by atoms with Gasteiger partial charge in [-0.15, -0.1) is 0 Å². The van der Waals surface area contributed by atoms with E-state index >= 15 is 0 Å². The highest BCUT2D eigenvalue weighted by Crippen LogP contribution is 2.13. The first-order valence-corrected chi connectivity index (χ1v) is 6.18. The van der Waals surface area contributed by atoms with Gasteiger partial charge in [-0.2, -0.15) is 0 Å². The van der Waals surface area contributed by atoms with Crippen LogP contribution in [0.15, 0.2) is 54.6 Å². The van der Waals surface area contributed by atoms with Crippen LogP contribution >= 0.6 is 15.9 Å². The highest BCUT2D eigenvalue weighted by molar-refractivity contribution is 9.08. The molecule has 76 valence electrons. The summed E-state index contributed by atoms with van der Waals surface area (Å²) in [5.41, 5.74) is 4.07. The number of hydrogen-bond acceptors (Lipinski definition) is 0. The second-order valence-electron chi connectivity index (χ2n) is 3.62. The molecule has 0 aliphatic carbocycles. The van der Waals surface area contributed by atoms with Gasteiger partial charge in [-0.3, -0.25) is 0 Å². The van der Waals surface area contributed by atoms with E-state index in [1.54, 1.807) is 0 Å². The van der Waals surface area contributed by atoms with Crippen LogP contribution in [0.4, 0.5) is 0 Å². The summed E-state index contributed by atoms with van der Waals surface area (Å²) in [6.07, 6.45) is 1.02. The number of hydrogen-bond donors (Lipinski definition) is 0. The fraction of sp³-hybridized carbons (Fsp3) is 0.143. The van der Waals surface area contributed by atoms with Crippen molar-refractivity contribution >= 4 is 15.9 Å². The maximum Gasteiger partial charge on any atom is 0.0283 e. The predicted molar refractivity (Wildman–Crippen MR) is 68.3 cm³/mol. The Bertz CT molecular complexity index is 420. The van der Waals surface area contributed by atoms with Crippen LogP contribution in [0, 0.1) is 0 Å². The lowest BCUT2D eigenvalue weighted by atomic mass is 10.0. The van der Waals surface area contributed by atoms with E-state index in [-0.39, 0.29) is 0 Å². The largest absolute Gasteiger partial charge is 0.0876 e. The van der Waals surface area contributed by atoms with Gasteiger partial charge in [0.2, 0.25) is 0 Å². The van der Waals surface area contributed by atoms with Gasteiger partial charge in [0.05, 0.1) is 0 Å². The minimum atomic E-state index is 0.926. The first-order valence-electron chi connectivity index (χ1n) is 5.06. The molecule has 0 heterocycles. The first-order chi connectivity index (χ1) is 7.38. The van der Waals surface area contributed by atoms with Crippen LogP contribution < -0.4 is 0 Å². The van der Waals surface area contributed by atoms with E-state index in [2.05, 4.69) is 70.5 Å². The number of alkyl halides is 1. The van der Waals surface area contributed by atoms with Crippen molar-refractivity contribution in [2.75, 3.05) is 0 Å². The predicted octanol–water partition coefficient (Wildman–Crippen LogP) is 4.17. The van der Waals surface area contributed by atoms with Crippen LogP contribution in [-0.4, -0.2) is 0 Å². The summed E-state index contributed by atoms with van der Waals surface area (Å²) in [4.78, 5) is 0. The van der Waals surface area contributed by atoms with E-state index in [9.17, 15) is 0 Å². The third-order valence-electron chi connectivity index (χ3n) is 2.40. The molecular formula is C14H13Br. The van der Waals surface area contributed by atoms with Gasteiger partial charge in [0, 0.05) is 5.33 Å². The average Bonchev–Trinajstić information content (AvgIpc) is 2.31. The molecule has 0 aliphatic heterocycles. The lowest BCUT2D eigenvalue weighted by Crippen LogP contribution is -1.88. The van der Waals surface area contributed by atoms with Crippen molar-refractivity contribution in [3.05, 3.63) is 71.3 Å². The molecule has 0 saturated carbocycles. The molecule has 0 amide bonds. The van der Waals surface area contributed by atoms with Gasteiger partial charge in [0.15, 0.2) is 0 Å². The smallest absolute Gasteiger partial charge is 0.0283 e. The molecule has 0 aliphatic rings. The highest BCUT2D eigenvalue weighted by Gasteiger charge is 1.96. The zero-order valence-corrected chi connectivity index (χ0v) is 10.1. The Morgan fingerprint density at radius 3 is 2.13 bits per heavy atom. The Balaban J connectivity index is 2.17. The molecule has 0 bridgehead atoms. The van der Waals surface area contributed by atoms with Crippen LogP contribution in [0.5, 0.6) is 0 Å². The third kappa shape index (κ3) is 2.93. The summed E-state index contributed by atoms with van der Waals surface area (Å²) in [5, 5.41) is 0.926. The topological polar surface area (TPSA) is 0 Å². The van der Waals surface area contributed by atoms with Crippen molar-refractivity contribution in [1.82, 2.24) is 0 Å². The van der Waals surface area contributed by atoms with E-state index in [1.165, 1.54) is 16.7 Å². The minimum Gasteiger partial charge on any atom is -0.0876 e. The van der Waals surface area contributed by atoms with E-state index < -0.39 is 0 Å². The second-order valence-corrected chi connectivity index (χ2v) is 4.18. The monoisotopic (exact) mass is 260 g/mol. The lowest BCUT2D eigenvalue weighted by Gasteiger charge is -2.03. The summed E-state index contributed by atoms with van der Waals surface area (Å²) in [5.74, 6) is 0. The van der Waals surface area contributed by atoms with Crippen molar-refractivity contribution in [1.29, 1.82) is 0 Å². The molecule has 0 nitrogen and oxygen atoms in total. The molecule has 1 heteroatoms. The molecule has 0 fully saturated rings. The summed E-state index contributed by atoms with van der Waals surface area (Å²) in [6.45, 7) is 0. The van der Waals surface area contributed by atoms with Crippen LogP contribution in [0.3, 0.4) is 0 Å². The maximum atomic E-state index is 3.48. The van der Waals surface area contributed by atoms with Crippen LogP contribution in [-0.2, 0) is 11.8 Å². The van der Waals surface area contributed by atoms with Gasteiger partial charge in [0.1, 0.15) is 0 Å². The molecule has 0 N–H and O–H groups in total. The molecule has 0 radical (unpaired) electrons. The zero-order valence-electron chi connectivity index (χ0n) is 8.49. The Morgan fingerprint density at radius 1 is 0.733 bits per heavy atom. The fourth-order valence-electron chi connectivity index (χ4n) is 1.65. The van der Waals surface area contributed by atoms with Crippen LogP contribution in [0.25, 0.3) is 0 Å².